The highest BCUT2D eigenvalue weighted by Gasteiger charge is 2.09. The van der Waals surface area contributed by atoms with Gasteiger partial charge >= 0.3 is 12.0 Å². The molecule has 0 atom stereocenters. The third kappa shape index (κ3) is 3.05. The zero-order chi connectivity index (χ0) is 13.8. The molecule has 0 aliphatic heterocycles. The summed E-state index contributed by atoms with van der Waals surface area (Å²) in [6.45, 7) is 0. The minimum absolute atomic E-state index is 0.206. The van der Waals surface area contributed by atoms with E-state index in [0.717, 1.165) is 5.56 Å². The van der Waals surface area contributed by atoms with Crippen LogP contribution < -0.4 is 10.6 Å². The van der Waals surface area contributed by atoms with E-state index in [-0.39, 0.29) is 11.6 Å². The van der Waals surface area contributed by atoms with Gasteiger partial charge in [-0.05, 0) is 12.1 Å². The van der Waals surface area contributed by atoms with Crippen LogP contribution in [0, 0.1) is 0 Å². The maximum atomic E-state index is 11.1. The molecule has 2 amide bonds. The van der Waals surface area contributed by atoms with Crippen LogP contribution in [0.4, 0.5) is 9.93 Å². The van der Waals surface area contributed by atoms with Gasteiger partial charge in [0.1, 0.15) is 5.01 Å². The van der Waals surface area contributed by atoms with Crippen molar-refractivity contribution in [3.63, 3.8) is 0 Å². The lowest BCUT2D eigenvalue weighted by atomic mass is 10.1. The van der Waals surface area contributed by atoms with Crippen molar-refractivity contribution < 1.29 is 14.7 Å². The Balaban J connectivity index is 2.18. The van der Waals surface area contributed by atoms with Crippen molar-refractivity contribution >= 4 is 28.5 Å². The van der Waals surface area contributed by atoms with Gasteiger partial charge in [0.05, 0.1) is 5.56 Å². The molecule has 0 fully saturated rings. The number of aromatic nitrogens is 2. The first-order chi connectivity index (χ1) is 9.10. The van der Waals surface area contributed by atoms with Crippen LogP contribution in [0.25, 0.3) is 10.6 Å². The van der Waals surface area contributed by atoms with Crippen LogP contribution in [-0.2, 0) is 0 Å². The Hall–Kier alpha value is -2.48. The predicted molar refractivity (Wildman–Crippen MR) is 70.4 cm³/mol. The molecule has 0 spiro atoms. The van der Waals surface area contributed by atoms with E-state index in [1.165, 1.54) is 30.5 Å². The molecule has 1 aromatic carbocycles. The van der Waals surface area contributed by atoms with Crippen LogP contribution in [0.3, 0.4) is 0 Å². The number of benzene rings is 1. The number of carboxylic acid groups (broad SMARTS) is 1. The van der Waals surface area contributed by atoms with Gasteiger partial charge in [-0.15, -0.1) is 10.2 Å². The second-order valence-corrected chi connectivity index (χ2v) is 4.48. The van der Waals surface area contributed by atoms with Gasteiger partial charge in [0.25, 0.3) is 0 Å². The van der Waals surface area contributed by atoms with Crippen molar-refractivity contribution in [1.82, 2.24) is 15.5 Å². The van der Waals surface area contributed by atoms with Crippen LogP contribution in [-0.4, -0.2) is 34.4 Å². The van der Waals surface area contributed by atoms with E-state index in [1.807, 2.05) is 0 Å². The number of hydrogen-bond acceptors (Lipinski definition) is 5. The van der Waals surface area contributed by atoms with Crippen molar-refractivity contribution in [3.8, 4) is 10.6 Å². The van der Waals surface area contributed by atoms with Crippen LogP contribution in [0.1, 0.15) is 10.4 Å². The molecule has 0 unspecified atom stereocenters. The standard InChI is InChI=1S/C11H10N4O3S/c1-12-10(18)13-11-15-14-8(19-11)6-2-4-7(5-3-6)9(16)17/h2-5H,1H3,(H,16,17)(H2,12,13,15,18). The fraction of sp³-hybridized carbons (Fsp3) is 0.0909. The molecule has 0 saturated carbocycles. The molecule has 3 N–H and O–H groups in total. The molecule has 1 aromatic heterocycles. The molecule has 2 aromatic rings. The van der Waals surface area contributed by atoms with E-state index < -0.39 is 5.97 Å². The van der Waals surface area contributed by atoms with Gasteiger partial charge in [-0.1, -0.05) is 23.5 Å². The van der Waals surface area contributed by atoms with Gasteiger partial charge in [-0.3, -0.25) is 5.32 Å². The van der Waals surface area contributed by atoms with E-state index in [9.17, 15) is 9.59 Å². The van der Waals surface area contributed by atoms with E-state index in [2.05, 4.69) is 20.8 Å². The number of nitrogens with zero attached hydrogens (tertiary/aromatic N) is 2. The molecule has 7 nitrogen and oxygen atoms in total. The van der Waals surface area contributed by atoms with E-state index in [1.54, 1.807) is 12.1 Å². The minimum Gasteiger partial charge on any atom is -0.478 e. The Morgan fingerprint density at radius 1 is 1.21 bits per heavy atom. The van der Waals surface area contributed by atoms with E-state index in [4.69, 9.17) is 5.11 Å². The number of hydrogen-bond donors (Lipinski definition) is 3. The summed E-state index contributed by atoms with van der Waals surface area (Å²) in [6.07, 6.45) is 0. The first-order valence-electron chi connectivity index (χ1n) is 5.26. The van der Waals surface area contributed by atoms with Crippen molar-refractivity contribution in [2.75, 3.05) is 12.4 Å². The lowest BCUT2D eigenvalue weighted by Crippen LogP contribution is -2.24. The minimum atomic E-state index is -0.981. The van der Waals surface area contributed by atoms with Gasteiger partial charge in [0, 0.05) is 12.6 Å². The number of urea groups is 1. The molecule has 19 heavy (non-hydrogen) atoms. The summed E-state index contributed by atoms with van der Waals surface area (Å²) in [5.74, 6) is -0.981. The third-order valence-corrected chi connectivity index (χ3v) is 3.14. The van der Waals surface area contributed by atoms with Crippen LogP contribution in [0.5, 0.6) is 0 Å². The Bertz CT molecular complexity index is 609. The van der Waals surface area contributed by atoms with Crippen molar-refractivity contribution in [2.45, 2.75) is 0 Å². The lowest BCUT2D eigenvalue weighted by molar-refractivity contribution is 0.0697. The molecule has 0 aliphatic carbocycles. The third-order valence-electron chi connectivity index (χ3n) is 2.25. The molecule has 0 bridgehead atoms. The number of rotatable bonds is 3. The zero-order valence-electron chi connectivity index (χ0n) is 9.88. The molecular weight excluding hydrogens is 268 g/mol. The van der Waals surface area contributed by atoms with Crippen LogP contribution in [0.2, 0.25) is 0 Å². The molecule has 1 heterocycles. The maximum absolute atomic E-state index is 11.1. The van der Waals surface area contributed by atoms with Crippen molar-refractivity contribution in [1.29, 1.82) is 0 Å². The Labute approximate surface area is 112 Å². The highest BCUT2D eigenvalue weighted by molar-refractivity contribution is 7.18. The average molecular weight is 278 g/mol. The highest BCUT2D eigenvalue weighted by Crippen LogP contribution is 2.26. The number of carbonyl (C=O) groups is 2. The predicted octanol–water partition coefficient (Wildman–Crippen LogP) is 1.65. The summed E-state index contributed by atoms with van der Waals surface area (Å²) in [5.41, 5.74) is 0.949. The molecule has 8 heteroatoms. The quantitative estimate of drug-likeness (QED) is 0.792. The first-order valence-corrected chi connectivity index (χ1v) is 6.08. The first kappa shape index (κ1) is 13.0. The van der Waals surface area contributed by atoms with Crippen LogP contribution in [0.15, 0.2) is 24.3 Å². The van der Waals surface area contributed by atoms with Crippen molar-refractivity contribution in [3.05, 3.63) is 29.8 Å². The molecule has 0 aliphatic rings. The summed E-state index contributed by atoms with van der Waals surface area (Å²) >= 11 is 1.20. The normalized spacial score (nSPS) is 9.95. The number of amides is 2. The molecule has 2 rings (SSSR count). The fourth-order valence-electron chi connectivity index (χ4n) is 1.31. The van der Waals surface area contributed by atoms with Gasteiger partial charge < -0.3 is 10.4 Å². The molecule has 0 saturated heterocycles. The van der Waals surface area contributed by atoms with E-state index >= 15 is 0 Å². The van der Waals surface area contributed by atoms with Gasteiger partial charge in [-0.2, -0.15) is 0 Å². The second-order valence-electron chi connectivity index (χ2n) is 3.50. The van der Waals surface area contributed by atoms with Crippen molar-refractivity contribution in [2.24, 2.45) is 0 Å². The smallest absolute Gasteiger partial charge is 0.335 e. The van der Waals surface area contributed by atoms with E-state index in [0.29, 0.717) is 10.1 Å². The average Bonchev–Trinajstić information content (AvgIpc) is 2.87. The number of nitrogens with one attached hydrogen (secondary N) is 2. The van der Waals surface area contributed by atoms with Crippen LogP contribution >= 0.6 is 11.3 Å². The summed E-state index contributed by atoms with van der Waals surface area (Å²) < 4.78 is 0. The van der Waals surface area contributed by atoms with Gasteiger partial charge in [-0.25, -0.2) is 9.59 Å². The monoisotopic (exact) mass is 278 g/mol. The number of carboxylic acids is 1. The summed E-state index contributed by atoms with van der Waals surface area (Å²) in [4.78, 5) is 21.8. The number of aromatic carboxylic acids is 1. The number of carbonyl (C=O) groups excluding carboxylic acids is 1. The highest BCUT2D eigenvalue weighted by atomic mass is 32.1. The maximum Gasteiger partial charge on any atom is 0.335 e. The lowest BCUT2D eigenvalue weighted by Gasteiger charge is -1.97. The molecular formula is C11H10N4O3S. The zero-order valence-corrected chi connectivity index (χ0v) is 10.7. The fourth-order valence-corrected chi connectivity index (χ4v) is 2.05. The molecule has 0 radical (unpaired) electrons. The SMILES string of the molecule is CNC(=O)Nc1nnc(-c2ccc(C(=O)O)cc2)s1. The van der Waals surface area contributed by atoms with Gasteiger partial charge in [0.15, 0.2) is 0 Å². The Kier molecular flexibility index (Phi) is 3.71. The topological polar surface area (TPSA) is 104 Å². The Morgan fingerprint density at radius 2 is 1.89 bits per heavy atom. The Morgan fingerprint density at radius 3 is 2.47 bits per heavy atom. The second kappa shape index (κ2) is 5.44. The summed E-state index contributed by atoms with van der Waals surface area (Å²) in [6, 6.07) is 5.90. The van der Waals surface area contributed by atoms with Gasteiger partial charge in [0.2, 0.25) is 5.13 Å². The summed E-state index contributed by atoms with van der Waals surface area (Å²) in [5, 5.41) is 22.4. The molecule has 98 valence electrons. The summed E-state index contributed by atoms with van der Waals surface area (Å²) in [7, 11) is 1.50. The largest absolute Gasteiger partial charge is 0.478 e. The number of anilines is 1.